The number of benzene rings is 1. The molecule has 94 valence electrons. The summed E-state index contributed by atoms with van der Waals surface area (Å²) < 4.78 is 1.14. The van der Waals surface area contributed by atoms with Gasteiger partial charge >= 0.3 is 0 Å². The first-order chi connectivity index (χ1) is 8.54. The number of rotatable bonds is 0. The summed E-state index contributed by atoms with van der Waals surface area (Å²) in [4.78, 5) is 25.8. The Bertz CT molecular complexity index is 543. The minimum atomic E-state index is -0.431. The number of nitrogens with zero attached hydrogens (tertiary/aromatic N) is 1. The van der Waals surface area contributed by atoms with Crippen LogP contribution in [0.25, 0.3) is 0 Å². The van der Waals surface area contributed by atoms with Gasteiger partial charge in [-0.1, -0.05) is 0 Å². The van der Waals surface area contributed by atoms with Crippen molar-refractivity contribution in [2.75, 3.05) is 11.9 Å². The lowest BCUT2D eigenvalue weighted by molar-refractivity contribution is -0.127. The molecule has 0 atom stereocenters. The molecule has 3 rings (SSSR count). The molecule has 2 aliphatic rings. The topological polar surface area (TPSA) is 37.4 Å². The number of ketones is 1. The fourth-order valence-corrected chi connectivity index (χ4v) is 3.66. The fourth-order valence-electron chi connectivity index (χ4n) is 3.17. The monoisotopic (exact) mass is 355 g/mol. The van der Waals surface area contributed by atoms with E-state index in [9.17, 15) is 9.59 Å². The van der Waals surface area contributed by atoms with Crippen LogP contribution in [0.15, 0.2) is 18.2 Å². The lowest BCUT2D eigenvalue weighted by Gasteiger charge is -2.31. The van der Waals surface area contributed by atoms with Gasteiger partial charge in [0.05, 0.1) is 5.41 Å². The van der Waals surface area contributed by atoms with Crippen LogP contribution in [0.5, 0.6) is 0 Å². The number of fused-ring (bicyclic) bond motifs is 2. The van der Waals surface area contributed by atoms with E-state index in [0.29, 0.717) is 25.7 Å². The number of halogens is 1. The van der Waals surface area contributed by atoms with Crippen molar-refractivity contribution >= 4 is 40.0 Å². The van der Waals surface area contributed by atoms with Gasteiger partial charge in [-0.3, -0.25) is 9.59 Å². The number of carbonyl (C=O) groups is 2. The van der Waals surface area contributed by atoms with Crippen molar-refractivity contribution in [3.8, 4) is 0 Å². The lowest BCUT2D eigenvalue weighted by Crippen LogP contribution is -2.41. The molecule has 0 aromatic heterocycles. The van der Waals surface area contributed by atoms with Gasteiger partial charge in [-0.2, -0.15) is 0 Å². The molecule has 1 saturated carbocycles. The van der Waals surface area contributed by atoms with Gasteiger partial charge in [-0.25, -0.2) is 0 Å². The van der Waals surface area contributed by atoms with E-state index in [1.54, 1.807) is 4.90 Å². The van der Waals surface area contributed by atoms with E-state index in [1.165, 1.54) is 0 Å². The summed E-state index contributed by atoms with van der Waals surface area (Å²) in [5.74, 6) is 0.446. The van der Waals surface area contributed by atoms with E-state index in [-0.39, 0.29) is 11.7 Å². The van der Waals surface area contributed by atoms with Gasteiger partial charge < -0.3 is 4.90 Å². The average molecular weight is 355 g/mol. The third-order valence-corrected chi connectivity index (χ3v) is 4.88. The van der Waals surface area contributed by atoms with Crippen LogP contribution >= 0.6 is 22.6 Å². The summed E-state index contributed by atoms with van der Waals surface area (Å²) in [6, 6.07) is 6.14. The minimum Gasteiger partial charge on any atom is -0.314 e. The zero-order chi connectivity index (χ0) is 12.9. The molecule has 1 fully saturated rings. The van der Waals surface area contributed by atoms with Crippen LogP contribution in [0.4, 0.5) is 5.69 Å². The first-order valence-corrected chi connectivity index (χ1v) is 7.22. The smallest absolute Gasteiger partial charge is 0.237 e. The molecule has 1 aliphatic carbocycles. The Balaban J connectivity index is 2.14. The highest BCUT2D eigenvalue weighted by Gasteiger charge is 2.50. The van der Waals surface area contributed by atoms with Gasteiger partial charge in [0.2, 0.25) is 5.91 Å². The molecule has 0 N–H and O–H groups in total. The molecule has 1 aliphatic heterocycles. The van der Waals surface area contributed by atoms with E-state index < -0.39 is 5.41 Å². The SMILES string of the molecule is CN1C(=O)C2(CCC(=O)CC2)c2cc(I)ccc21. The van der Waals surface area contributed by atoms with Crippen LogP contribution in [0.3, 0.4) is 0 Å². The van der Waals surface area contributed by atoms with E-state index in [0.717, 1.165) is 14.8 Å². The number of Topliss-reactive ketones (excluding diaryl/α,β-unsaturated/α-hetero) is 1. The molecule has 3 nitrogen and oxygen atoms in total. The average Bonchev–Trinajstić information content (AvgIpc) is 2.56. The summed E-state index contributed by atoms with van der Waals surface area (Å²) in [6.07, 6.45) is 2.40. The second-order valence-corrected chi connectivity index (χ2v) is 6.39. The van der Waals surface area contributed by atoms with E-state index in [4.69, 9.17) is 0 Å². The van der Waals surface area contributed by atoms with Gasteiger partial charge in [0.15, 0.2) is 0 Å². The van der Waals surface area contributed by atoms with Crippen LogP contribution in [0.2, 0.25) is 0 Å². The highest BCUT2D eigenvalue weighted by atomic mass is 127. The van der Waals surface area contributed by atoms with Crippen molar-refractivity contribution in [3.63, 3.8) is 0 Å². The number of likely N-dealkylation sites (N-methyl/N-ethyl adjacent to an activating group) is 1. The van der Waals surface area contributed by atoms with Crippen molar-refractivity contribution < 1.29 is 9.59 Å². The standard InChI is InChI=1S/C14H14INO2/c1-16-12-3-2-9(15)8-11(12)14(13(16)18)6-4-10(17)5-7-14/h2-3,8H,4-7H2,1H3. The summed E-state index contributed by atoms with van der Waals surface area (Å²) in [7, 11) is 1.83. The molecule has 1 aromatic carbocycles. The third-order valence-electron chi connectivity index (χ3n) is 4.21. The first kappa shape index (κ1) is 12.1. The Hall–Kier alpha value is -0.910. The van der Waals surface area contributed by atoms with Crippen molar-refractivity contribution in [1.29, 1.82) is 0 Å². The first-order valence-electron chi connectivity index (χ1n) is 6.14. The maximum absolute atomic E-state index is 12.6. The van der Waals surface area contributed by atoms with E-state index in [1.807, 2.05) is 19.2 Å². The van der Waals surface area contributed by atoms with Gasteiger partial charge in [0.25, 0.3) is 0 Å². The van der Waals surface area contributed by atoms with E-state index in [2.05, 4.69) is 28.7 Å². The van der Waals surface area contributed by atoms with Crippen molar-refractivity contribution in [2.45, 2.75) is 31.1 Å². The van der Waals surface area contributed by atoms with Gasteiger partial charge in [-0.05, 0) is 59.2 Å². The van der Waals surface area contributed by atoms with Crippen LogP contribution in [0, 0.1) is 3.57 Å². The highest BCUT2D eigenvalue weighted by Crippen LogP contribution is 2.49. The molecular weight excluding hydrogens is 341 g/mol. The van der Waals surface area contributed by atoms with Crippen LogP contribution in [-0.2, 0) is 15.0 Å². The minimum absolute atomic E-state index is 0.159. The zero-order valence-electron chi connectivity index (χ0n) is 10.2. The Morgan fingerprint density at radius 3 is 2.56 bits per heavy atom. The molecule has 18 heavy (non-hydrogen) atoms. The normalized spacial score (nSPS) is 21.6. The molecule has 0 saturated heterocycles. The lowest BCUT2D eigenvalue weighted by atomic mass is 9.70. The fraction of sp³-hybridized carbons (Fsp3) is 0.429. The largest absolute Gasteiger partial charge is 0.314 e. The Morgan fingerprint density at radius 1 is 1.22 bits per heavy atom. The Morgan fingerprint density at radius 2 is 1.89 bits per heavy atom. The summed E-state index contributed by atoms with van der Waals surface area (Å²) in [5.41, 5.74) is 1.70. The molecule has 4 heteroatoms. The van der Waals surface area contributed by atoms with E-state index >= 15 is 0 Å². The van der Waals surface area contributed by atoms with Crippen LogP contribution < -0.4 is 4.90 Å². The molecule has 0 unspecified atom stereocenters. The second kappa shape index (κ2) is 4.05. The molecule has 0 radical (unpaired) electrons. The number of hydrogen-bond acceptors (Lipinski definition) is 2. The maximum Gasteiger partial charge on any atom is 0.237 e. The Labute approximate surface area is 120 Å². The van der Waals surface area contributed by atoms with Gasteiger partial charge in [0.1, 0.15) is 5.78 Å². The van der Waals surface area contributed by atoms with Crippen molar-refractivity contribution in [2.24, 2.45) is 0 Å². The Kier molecular flexibility index (Phi) is 2.73. The number of hydrogen-bond donors (Lipinski definition) is 0. The molecule has 1 amide bonds. The summed E-state index contributed by atoms with van der Waals surface area (Å²) in [6.45, 7) is 0. The summed E-state index contributed by atoms with van der Waals surface area (Å²) in [5, 5.41) is 0. The van der Waals surface area contributed by atoms with Gasteiger partial charge in [-0.15, -0.1) is 0 Å². The van der Waals surface area contributed by atoms with Crippen LogP contribution in [-0.4, -0.2) is 18.7 Å². The maximum atomic E-state index is 12.6. The van der Waals surface area contributed by atoms with Gasteiger partial charge in [0, 0.05) is 29.1 Å². The second-order valence-electron chi connectivity index (χ2n) is 5.15. The molecular formula is C14H14INO2. The molecule has 0 bridgehead atoms. The van der Waals surface area contributed by atoms with Crippen LogP contribution in [0.1, 0.15) is 31.2 Å². The molecule has 1 aromatic rings. The zero-order valence-corrected chi connectivity index (χ0v) is 12.4. The van der Waals surface area contributed by atoms with Crippen molar-refractivity contribution in [3.05, 3.63) is 27.3 Å². The van der Waals surface area contributed by atoms with Crippen molar-refractivity contribution in [1.82, 2.24) is 0 Å². The highest BCUT2D eigenvalue weighted by molar-refractivity contribution is 14.1. The molecule has 1 heterocycles. The number of carbonyl (C=O) groups excluding carboxylic acids is 2. The predicted octanol–water partition coefficient (Wildman–Crippen LogP) is 2.65. The molecule has 1 spiro atoms. The number of anilines is 1. The predicted molar refractivity (Wildman–Crippen MR) is 77.7 cm³/mol. The summed E-state index contributed by atoms with van der Waals surface area (Å²) >= 11 is 2.27. The number of amides is 1. The quantitative estimate of drug-likeness (QED) is 0.671. The third kappa shape index (κ3) is 1.54.